The van der Waals surface area contributed by atoms with E-state index in [1.165, 1.54) is 0 Å². The van der Waals surface area contributed by atoms with Gasteiger partial charge in [0.1, 0.15) is 4.75 Å². The zero-order valence-corrected chi connectivity index (χ0v) is 8.33. The van der Waals surface area contributed by atoms with Crippen LogP contribution in [0.1, 0.15) is 27.2 Å². The van der Waals surface area contributed by atoms with E-state index in [0.717, 1.165) is 0 Å². The summed E-state index contributed by atoms with van der Waals surface area (Å²) >= 11 is 1.54. The van der Waals surface area contributed by atoms with Gasteiger partial charge in [0.05, 0.1) is 6.42 Å². The molecular weight excluding hydrogens is 174 g/mol. The number of rotatable bonds is 2. The lowest BCUT2D eigenvalue weighted by Gasteiger charge is -2.20. The molecule has 1 unspecified atom stereocenters. The lowest BCUT2D eigenvalue weighted by molar-refractivity contribution is -0.125. The molecule has 68 valence electrons. The summed E-state index contributed by atoms with van der Waals surface area (Å²) in [6, 6.07) is 0. The fraction of sp³-hybridized carbons (Fsp3) is 0.750. The SMILES string of the molecule is CC(C)SC1(C)CC(=O)NC1=O. The Morgan fingerprint density at radius 2 is 2.08 bits per heavy atom. The van der Waals surface area contributed by atoms with Gasteiger partial charge in [-0.15, -0.1) is 11.8 Å². The van der Waals surface area contributed by atoms with Crippen LogP contribution >= 0.6 is 11.8 Å². The predicted molar refractivity (Wildman–Crippen MR) is 48.9 cm³/mol. The topological polar surface area (TPSA) is 46.2 Å². The van der Waals surface area contributed by atoms with Gasteiger partial charge in [-0.05, 0) is 6.92 Å². The average molecular weight is 187 g/mol. The van der Waals surface area contributed by atoms with Crippen LogP contribution in [0.2, 0.25) is 0 Å². The molecule has 1 atom stereocenters. The first-order valence-electron chi connectivity index (χ1n) is 3.96. The Labute approximate surface area is 76.3 Å². The number of hydrogen-bond acceptors (Lipinski definition) is 3. The Morgan fingerprint density at radius 3 is 2.42 bits per heavy atom. The molecule has 4 heteroatoms. The second-order valence-corrected chi connectivity index (χ2v) is 5.53. The zero-order valence-electron chi connectivity index (χ0n) is 7.51. The quantitative estimate of drug-likeness (QED) is 0.654. The highest BCUT2D eigenvalue weighted by Crippen LogP contribution is 2.35. The predicted octanol–water partition coefficient (Wildman–Crippen LogP) is 0.933. The maximum absolute atomic E-state index is 11.3. The van der Waals surface area contributed by atoms with Gasteiger partial charge in [0, 0.05) is 5.25 Å². The van der Waals surface area contributed by atoms with Gasteiger partial charge < -0.3 is 0 Å². The molecule has 0 saturated carbocycles. The fourth-order valence-corrected chi connectivity index (χ4v) is 2.72. The van der Waals surface area contributed by atoms with Crippen LogP contribution in [0.15, 0.2) is 0 Å². The van der Waals surface area contributed by atoms with Crippen LogP contribution in [0.5, 0.6) is 0 Å². The number of nitrogens with one attached hydrogen (secondary N) is 1. The molecule has 1 aliphatic heterocycles. The second kappa shape index (κ2) is 3.09. The largest absolute Gasteiger partial charge is 0.295 e. The van der Waals surface area contributed by atoms with Crippen LogP contribution in [0.4, 0.5) is 0 Å². The molecule has 0 aliphatic carbocycles. The summed E-state index contributed by atoms with van der Waals surface area (Å²) in [6.45, 7) is 5.86. The zero-order chi connectivity index (χ0) is 9.35. The Hall–Kier alpha value is -0.510. The van der Waals surface area contributed by atoms with Crippen molar-refractivity contribution in [2.45, 2.75) is 37.2 Å². The standard InChI is InChI=1S/C8H13NO2S/c1-5(2)12-8(3)4-6(10)9-7(8)11/h5H,4H2,1-3H3,(H,9,10,11). The molecule has 1 aliphatic rings. The van der Waals surface area contributed by atoms with Crippen LogP contribution in [0.25, 0.3) is 0 Å². The molecule has 0 aromatic rings. The highest BCUT2D eigenvalue weighted by atomic mass is 32.2. The van der Waals surface area contributed by atoms with Crippen molar-refractivity contribution in [1.29, 1.82) is 0 Å². The Bertz CT molecular complexity index is 227. The van der Waals surface area contributed by atoms with Crippen LogP contribution in [0, 0.1) is 0 Å². The smallest absolute Gasteiger partial charge is 0.243 e. The summed E-state index contributed by atoms with van der Waals surface area (Å²) in [5, 5.41) is 2.68. The van der Waals surface area contributed by atoms with Gasteiger partial charge in [-0.25, -0.2) is 0 Å². The highest BCUT2D eigenvalue weighted by Gasteiger charge is 2.43. The Morgan fingerprint density at radius 1 is 1.50 bits per heavy atom. The lowest BCUT2D eigenvalue weighted by Crippen LogP contribution is -2.33. The van der Waals surface area contributed by atoms with E-state index in [1.54, 1.807) is 11.8 Å². The molecule has 1 saturated heterocycles. The van der Waals surface area contributed by atoms with Crippen molar-refractivity contribution in [2.24, 2.45) is 0 Å². The number of hydrogen-bond donors (Lipinski definition) is 1. The van der Waals surface area contributed by atoms with Gasteiger partial charge in [0.15, 0.2) is 0 Å². The third-order valence-corrected chi connectivity index (χ3v) is 3.05. The van der Waals surface area contributed by atoms with E-state index in [9.17, 15) is 9.59 Å². The molecule has 1 fully saturated rings. The number of carbonyl (C=O) groups excluding carboxylic acids is 2. The molecule has 2 amide bonds. The Balaban J connectivity index is 2.71. The van der Waals surface area contributed by atoms with Crippen molar-refractivity contribution in [3.05, 3.63) is 0 Å². The van der Waals surface area contributed by atoms with E-state index in [0.29, 0.717) is 11.7 Å². The van der Waals surface area contributed by atoms with Crippen LogP contribution in [-0.4, -0.2) is 21.8 Å². The minimum Gasteiger partial charge on any atom is -0.295 e. The van der Waals surface area contributed by atoms with E-state index in [-0.39, 0.29) is 11.8 Å². The minimum atomic E-state index is -0.536. The third-order valence-electron chi connectivity index (χ3n) is 1.73. The molecule has 0 aromatic heterocycles. The highest BCUT2D eigenvalue weighted by molar-refractivity contribution is 8.02. The second-order valence-electron chi connectivity index (χ2n) is 3.45. The summed E-state index contributed by atoms with van der Waals surface area (Å²) in [5.74, 6) is -0.304. The summed E-state index contributed by atoms with van der Waals surface area (Å²) in [5.41, 5.74) is 0. The maximum Gasteiger partial charge on any atom is 0.243 e. The molecular formula is C8H13NO2S. The molecule has 1 N–H and O–H groups in total. The number of carbonyl (C=O) groups is 2. The van der Waals surface area contributed by atoms with E-state index in [4.69, 9.17) is 0 Å². The van der Waals surface area contributed by atoms with E-state index < -0.39 is 4.75 Å². The van der Waals surface area contributed by atoms with E-state index in [1.807, 2.05) is 20.8 Å². The van der Waals surface area contributed by atoms with Gasteiger partial charge in [-0.2, -0.15) is 0 Å². The molecule has 12 heavy (non-hydrogen) atoms. The number of imide groups is 1. The van der Waals surface area contributed by atoms with Crippen molar-refractivity contribution in [2.75, 3.05) is 0 Å². The van der Waals surface area contributed by atoms with Gasteiger partial charge in [0.2, 0.25) is 11.8 Å². The van der Waals surface area contributed by atoms with Crippen molar-refractivity contribution < 1.29 is 9.59 Å². The Kier molecular flexibility index (Phi) is 2.46. The van der Waals surface area contributed by atoms with Gasteiger partial charge >= 0.3 is 0 Å². The minimum absolute atomic E-state index is 0.147. The summed E-state index contributed by atoms with van der Waals surface area (Å²) in [6.07, 6.45) is 0.314. The normalized spacial score (nSPS) is 29.7. The first-order valence-corrected chi connectivity index (χ1v) is 4.84. The van der Waals surface area contributed by atoms with Crippen molar-refractivity contribution in [3.8, 4) is 0 Å². The molecule has 0 spiro atoms. The molecule has 1 heterocycles. The number of thioether (sulfide) groups is 1. The maximum atomic E-state index is 11.3. The third kappa shape index (κ3) is 1.80. The van der Waals surface area contributed by atoms with Crippen LogP contribution in [0.3, 0.4) is 0 Å². The average Bonchev–Trinajstić information content (AvgIpc) is 2.04. The number of amides is 2. The monoisotopic (exact) mass is 187 g/mol. The van der Waals surface area contributed by atoms with Crippen LogP contribution < -0.4 is 5.32 Å². The van der Waals surface area contributed by atoms with E-state index in [2.05, 4.69) is 5.32 Å². The summed E-state index contributed by atoms with van der Waals surface area (Å²) < 4.78 is -0.536. The summed E-state index contributed by atoms with van der Waals surface area (Å²) in [4.78, 5) is 22.2. The van der Waals surface area contributed by atoms with Gasteiger partial charge in [-0.1, -0.05) is 13.8 Å². The first kappa shape index (κ1) is 9.58. The van der Waals surface area contributed by atoms with Gasteiger partial charge in [-0.3, -0.25) is 14.9 Å². The molecule has 1 rings (SSSR count). The van der Waals surface area contributed by atoms with Crippen LogP contribution in [-0.2, 0) is 9.59 Å². The van der Waals surface area contributed by atoms with Crippen molar-refractivity contribution >= 4 is 23.6 Å². The lowest BCUT2D eigenvalue weighted by atomic mass is 10.1. The fourth-order valence-electron chi connectivity index (χ4n) is 1.31. The van der Waals surface area contributed by atoms with E-state index >= 15 is 0 Å². The van der Waals surface area contributed by atoms with Crippen molar-refractivity contribution in [3.63, 3.8) is 0 Å². The first-order chi connectivity index (χ1) is 5.44. The summed E-state index contributed by atoms with van der Waals surface area (Å²) in [7, 11) is 0. The van der Waals surface area contributed by atoms with Gasteiger partial charge in [0.25, 0.3) is 0 Å². The van der Waals surface area contributed by atoms with Crippen molar-refractivity contribution in [1.82, 2.24) is 5.32 Å². The molecule has 0 radical (unpaired) electrons. The molecule has 0 aromatic carbocycles. The molecule has 0 bridgehead atoms. The molecule has 3 nitrogen and oxygen atoms in total.